The van der Waals surface area contributed by atoms with Crippen LogP contribution in [0.1, 0.15) is 39.0 Å². The Bertz CT molecular complexity index is 250. The van der Waals surface area contributed by atoms with Gasteiger partial charge in [-0.2, -0.15) is 0 Å². The fraction of sp³-hybridized carbons (Fsp3) is 0.923. The van der Waals surface area contributed by atoms with Crippen LogP contribution >= 0.6 is 0 Å². The van der Waals surface area contributed by atoms with Gasteiger partial charge in [0.05, 0.1) is 7.11 Å². The quantitative estimate of drug-likeness (QED) is 0.671. The Hall–Kier alpha value is -0.570. The SMILES string of the molecule is CCCC1CCN(C(C(=O)OC)C2CC2)C1. The Kier molecular flexibility index (Phi) is 3.85. The van der Waals surface area contributed by atoms with Crippen molar-refractivity contribution in [3.63, 3.8) is 0 Å². The van der Waals surface area contributed by atoms with Crippen LogP contribution in [-0.4, -0.2) is 37.1 Å². The van der Waals surface area contributed by atoms with Crippen LogP contribution in [-0.2, 0) is 9.53 Å². The number of rotatable bonds is 5. The number of hydrogen-bond acceptors (Lipinski definition) is 3. The van der Waals surface area contributed by atoms with Gasteiger partial charge in [-0.25, -0.2) is 0 Å². The van der Waals surface area contributed by atoms with Gasteiger partial charge >= 0.3 is 5.97 Å². The molecule has 1 aliphatic carbocycles. The largest absolute Gasteiger partial charge is 0.468 e. The van der Waals surface area contributed by atoms with Gasteiger partial charge in [-0.05, 0) is 44.1 Å². The molecule has 2 unspecified atom stereocenters. The number of ether oxygens (including phenoxy) is 1. The molecular weight excluding hydrogens is 202 g/mol. The molecule has 0 N–H and O–H groups in total. The molecule has 2 atom stereocenters. The third kappa shape index (κ3) is 2.57. The highest BCUT2D eigenvalue weighted by molar-refractivity contribution is 5.76. The highest BCUT2D eigenvalue weighted by atomic mass is 16.5. The van der Waals surface area contributed by atoms with Gasteiger partial charge in [0.2, 0.25) is 0 Å². The summed E-state index contributed by atoms with van der Waals surface area (Å²) >= 11 is 0. The molecule has 0 radical (unpaired) electrons. The second-order valence-electron chi connectivity index (χ2n) is 5.24. The van der Waals surface area contributed by atoms with Crippen molar-refractivity contribution in [3.8, 4) is 0 Å². The Morgan fingerprint density at radius 1 is 1.44 bits per heavy atom. The highest BCUT2D eigenvalue weighted by Gasteiger charge is 2.42. The van der Waals surface area contributed by atoms with E-state index in [1.165, 1.54) is 39.2 Å². The van der Waals surface area contributed by atoms with E-state index < -0.39 is 0 Å². The summed E-state index contributed by atoms with van der Waals surface area (Å²) in [7, 11) is 1.51. The van der Waals surface area contributed by atoms with Gasteiger partial charge in [0.15, 0.2) is 0 Å². The Morgan fingerprint density at radius 3 is 2.75 bits per heavy atom. The topological polar surface area (TPSA) is 29.5 Å². The molecule has 16 heavy (non-hydrogen) atoms. The predicted molar refractivity (Wildman–Crippen MR) is 63.1 cm³/mol. The Labute approximate surface area is 98.1 Å². The van der Waals surface area contributed by atoms with E-state index in [2.05, 4.69) is 11.8 Å². The van der Waals surface area contributed by atoms with Crippen LogP contribution in [0.5, 0.6) is 0 Å². The van der Waals surface area contributed by atoms with E-state index in [0.29, 0.717) is 5.92 Å². The number of likely N-dealkylation sites (tertiary alicyclic amines) is 1. The monoisotopic (exact) mass is 225 g/mol. The second kappa shape index (κ2) is 5.17. The van der Waals surface area contributed by atoms with E-state index in [4.69, 9.17) is 4.74 Å². The van der Waals surface area contributed by atoms with E-state index in [-0.39, 0.29) is 12.0 Å². The van der Waals surface area contributed by atoms with Gasteiger partial charge in [0, 0.05) is 6.54 Å². The zero-order chi connectivity index (χ0) is 11.5. The molecule has 0 aromatic carbocycles. The molecule has 92 valence electrons. The molecule has 2 aliphatic rings. The van der Waals surface area contributed by atoms with Crippen LogP contribution in [0, 0.1) is 11.8 Å². The molecule has 0 amide bonds. The van der Waals surface area contributed by atoms with Crippen LogP contribution < -0.4 is 0 Å². The number of methoxy groups -OCH3 is 1. The first-order valence-corrected chi connectivity index (χ1v) is 6.58. The molecule has 1 aliphatic heterocycles. The third-order valence-corrected chi connectivity index (χ3v) is 3.92. The minimum atomic E-state index is -0.0142. The lowest BCUT2D eigenvalue weighted by Gasteiger charge is -2.25. The lowest BCUT2D eigenvalue weighted by molar-refractivity contribution is -0.147. The molecule has 3 nitrogen and oxygen atoms in total. The van der Waals surface area contributed by atoms with Crippen LogP contribution in [0.2, 0.25) is 0 Å². The molecule has 2 fully saturated rings. The van der Waals surface area contributed by atoms with Crippen molar-refractivity contribution in [1.29, 1.82) is 0 Å². The lowest BCUT2D eigenvalue weighted by atomic mass is 10.0. The van der Waals surface area contributed by atoms with Crippen molar-refractivity contribution >= 4 is 5.97 Å². The Balaban J connectivity index is 1.91. The first-order valence-electron chi connectivity index (χ1n) is 6.58. The molecule has 0 aromatic heterocycles. The summed E-state index contributed by atoms with van der Waals surface area (Å²) in [4.78, 5) is 14.1. The molecular formula is C13H23NO2. The minimum absolute atomic E-state index is 0.0142. The van der Waals surface area contributed by atoms with Gasteiger partial charge < -0.3 is 4.74 Å². The van der Waals surface area contributed by atoms with Crippen molar-refractivity contribution in [2.45, 2.75) is 45.1 Å². The van der Waals surface area contributed by atoms with E-state index >= 15 is 0 Å². The number of carbonyl (C=O) groups is 1. The average molecular weight is 225 g/mol. The summed E-state index contributed by atoms with van der Waals surface area (Å²) in [5.41, 5.74) is 0. The van der Waals surface area contributed by atoms with Gasteiger partial charge in [0.1, 0.15) is 6.04 Å². The van der Waals surface area contributed by atoms with E-state index in [9.17, 15) is 4.79 Å². The second-order valence-corrected chi connectivity index (χ2v) is 5.24. The van der Waals surface area contributed by atoms with Crippen molar-refractivity contribution in [2.75, 3.05) is 20.2 Å². The van der Waals surface area contributed by atoms with Gasteiger partial charge in [-0.1, -0.05) is 13.3 Å². The summed E-state index contributed by atoms with van der Waals surface area (Å²) in [5, 5.41) is 0. The highest BCUT2D eigenvalue weighted by Crippen LogP contribution is 2.38. The summed E-state index contributed by atoms with van der Waals surface area (Å²) in [6.07, 6.45) is 6.22. The maximum Gasteiger partial charge on any atom is 0.323 e. The molecule has 1 saturated heterocycles. The third-order valence-electron chi connectivity index (χ3n) is 3.92. The normalized spacial score (nSPS) is 28.0. The maximum absolute atomic E-state index is 11.8. The van der Waals surface area contributed by atoms with Crippen LogP contribution in [0.4, 0.5) is 0 Å². The molecule has 0 spiro atoms. The first-order chi connectivity index (χ1) is 7.76. The zero-order valence-corrected chi connectivity index (χ0v) is 10.4. The average Bonchev–Trinajstić information content (AvgIpc) is 3.00. The standard InChI is InChI=1S/C13H23NO2/c1-3-4-10-7-8-14(9-10)12(11-5-6-11)13(15)16-2/h10-12H,3-9H2,1-2H3. The molecule has 2 rings (SSSR count). The van der Waals surface area contributed by atoms with Gasteiger partial charge in [0.25, 0.3) is 0 Å². The summed E-state index contributed by atoms with van der Waals surface area (Å²) < 4.78 is 4.94. The molecule has 0 aromatic rings. The van der Waals surface area contributed by atoms with E-state index in [1.54, 1.807) is 0 Å². The number of nitrogens with zero attached hydrogens (tertiary/aromatic N) is 1. The maximum atomic E-state index is 11.8. The first kappa shape index (κ1) is 11.9. The van der Waals surface area contributed by atoms with Crippen molar-refractivity contribution in [2.24, 2.45) is 11.8 Å². The number of carbonyl (C=O) groups excluding carboxylic acids is 1. The minimum Gasteiger partial charge on any atom is -0.468 e. The predicted octanol–water partition coefficient (Wildman–Crippen LogP) is 2.06. The fourth-order valence-electron chi connectivity index (χ4n) is 2.93. The molecule has 3 heteroatoms. The number of hydrogen-bond donors (Lipinski definition) is 0. The summed E-state index contributed by atoms with van der Waals surface area (Å²) in [6, 6.07) is 0.0619. The summed E-state index contributed by atoms with van der Waals surface area (Å²) in [5.74, 6) is 1.36. The molecule has 0 bridgehead atoms. The van der Waals surface area contributed by atoms with Gasteiger partial charge in [-0.15, -0.1) is 0 Å². The Morgan fingerprint density at radius 2 is 2.19 bits per heavy atom. The fourth-order valence-corrected chi connectivity index (χ4v) is 2.93. The van der Waals surface area contributed by atoms with E-state index in [1.807, 2.05) is 0 Å². The van der Waals surface area contributed by atoms with Crippen molar-refractivity contribution in [1.82, 2.24) is 4.90 Å². The zero-order valence-electron chi connectivity index (χ0n) is 10.4. The molecule has 1 saturated carbocycles. The lowest BCUT2D eigenvalue weighted by Crippen LogP contribution is -2.42. The number of esters is 1. The van der Waals surface area contributed by atoms with Gasteiger partial charge in [-0.3, -0.25) is 9.69 Å². The van der Waals surface area contributed by atoms with Crippen molar-refractivity contribution in [3.05, 3.63) is 0 Å². The summed E-state index contributed by atoms with van der Waals surface area (Å²) in [6.45, 7) is 4.42. The van der Waals surface area contributed by atoms with Crippen LogP contribution in [0.25, 0.3) is 0 Å². The van der Waals surface area contributed by atoms with Crippen molar-refractivity contribution < 1.29 is 9.53 Å². The van der Waals surface area contributed by atoms with E-state index in [0.717, 1.165) is 19.0 Å². The van der Waals surface area contributed by atoms with Crippen LogP contribution in [0.3, 0.4) is 0 Å². The van der Waals surface area contributed by atoms with Crippen LogP contribution in [0.15, 0.2) is 0 Å². The smallest absolute Gasteiger partial charge is 0.323 e. The molecule has 1 heterocycles.